The van der Waals surface area contributed by atoms with Gasteiger partial charge in [-0.15, -0.1) is 17.9 Å². The summed E-state index contributed by atoms with van der Waals surface area (Å²) in [5.74, 6) is 0.855. The van der Waals surface area contributed by atoms with E-state index in [1.807, 2.05) is 61.5 Å². The molecule has 26 heavy (non-hydrogen) atoms. The van der Waals surface area contributed by atoms with Crippen molar-refractivity contribution >= 4 is 28.6 Å². The Morgan fingerprint density at radius 2 is 1.85 bits per heavy atom. The van der Waals surface area contributed by atoms with Gasteiger partial charge in [0.25, 0.3) is 0 Å². The molecule has 0 aliphatic carbocycles. The standard InChI is InChI=1S/C20H19ClN2OS.BrH/c1-3-13-23-19(15-5-7-16(21)8-6-15)14-25-20(23)22-17-9-11-18(12-10-17)24-4-2;/h3,5-12,14H,1,4,13H2,2H3;1H/p-1. The highest BCUT2D eigenvalue weighted by molar-refractivity contribution is 7.07. The SMILES string of the molecule is C=CCn1c(-c2ccc(Cl)cc2)csc1=Nc1ccc(OCC)cc1.[Br-]. The van der Waals surface area contributed by atoms with Crippen molar-refractivity contribution in [3.8, 4) is 17.0 Å². The van der Waals surface area contributed by atoms with Gasteiger partial charge in [-0.05, 0) is 48.9 Å². The first-order valence-corrected chi connectivity index (χ1v) is 9.29. The van der Waals surface area contributed by atoms with Crippen LogP contribution < -0.4 is 26.5 Å². The summed E-state index contributed by atoms with van der Waals surface area (Å²) in [5.41, 5.74) is 3.10. The number of rotatable bonds is 6. The van der Waals surface area contributed by atoms with Crippen molar-refractivity contribution in [3.63, 3.8) is 0 Å². The van der Waals surface area contributed by atoms with Crippen molar-refractivity contribution in [2.24, 2.45) is 4.99 Å². The van der Waals surface area contributed by atoms with E-state index < -0.39 is 0 Å². The van der Waals surface area contributed by atoms with Gasteiger partial charge in [-0.3, -0.25) is 0 Å². The molecule has 0 radical (unpaired) electrons. The van der Waals surface area contributed by atoms with Crippen molar-refractivity contribution in [1.82, 2.24) is 4.57 Å². The van der Waals surface area contributed by atoms with Crippen LogP contribution in [0.25, 0.3) is 11.3 Å². The summed E-state index contributed by atoms with van der Waals surface area (Å²) >= 11 is 7.61. The second kappa shape index (κ2) is 9.76. The molecule has 1 aromatic heterocycles. The summed E-state index contributed by atoms with van der Waals surface area (Å²) in [6.45, 7) is 7.19. The van der Waals surface area contributed by atoms with Gasteiger partial charge >= 0.3 is 0 Å². The maximum atomic E-state index is 6.00. The summed E-state index contributed by atoms with van der Waals surface area (Å²) in [4.78, 5) is 5.70. The van der Waals surface area contributed by atoms with Gasteiger partial charge in [0.05, 0.1) is 18.0 Å². The summed E-state index contributed by atoms with van der Waals surface area (Å²) in [6, 6.07) is 15.6. The highest BCUT2D eigenvalue weighted by Gasteiger charge is 2.07. The van der Waals surface area contributed by atoms with Crippen LogP contribution in [-0.2, 0) is 6.54 Å². The van der Waals surface area contributed by atoms with E-state index >= 15 is 0 Å². The van der Waals surface area contributed by atoms with E-state index in [2.05, 4.69) is 16.5 Å². The van der Waals surface area contributed by atoms with Crippen LogP contribution in [0.2, 0.25) is 5.02 Å². The molecule has 0 bridgehead atoms. The summed E-state index contributed by atoms with van der Waals surface area (Å²) < 4.78 is 7.63. The van der Waals surface area contributed by atoms with E-state index in [1.165, 1.54) is 0 Å². The Labute approximate surface area is 173 Å². The predicted octanol–water partition coefficient (Wildman–Crippen LogP) is 2.69. The van der Waals surface area contributed by atoms with Gasteiger partial charge in [0.2, 0.25) is 0 Å². The first-order chi connectivity index (χ1) is 12.2. The number of ether oxygens (including phenoxy) is 1. The number of allylic oxidation sites excluding steroid dienone is 1. The third-order valence-corrected chi connectivity index (χ3v) is 4.74. The Balaban J connectivity index is 0.00000243. The molecular formula is C20H19BrClN2OS-. The van der Waals surface area contributed by atoms with Gasteiger partial charge in [-0.2, -0.15) is 0 Å². The Kier molecular flexibility index (Phi) is 7.69. The smallest absolute Gasteiger partial charge is 0.190 e. The van der Waals surface area contributed by atoms with E-state index in [0.29, 0.717) is 13.2 Å². The molecule has 3 nitrogen and oxygen atoms in total. The molecule has 0 aliphatic heterocycles. The van der Waals surface area contributed by atoms with E-state index in [9.17, 15) is 0 Å². The number of nitrogens with zero attached hydrogens (tertiary/aromatic N) is 2. The minimum atomic E-state index is 0. The lowest BCUT2D eigenvalue weighted by molar-refractivity contribution is -0.00000546. The average Bonchev–Trinajstić information content (AvgIpc) is 3.01. The van der Waals surface area contributed by atoms with Crippen LogP contribution >= 0.6 is 22.9 Å². The summed E-state index contributed by atoms with van der Waals surface area (Å²) in [5, 5.41) is 2.84. The molecule has 3 aromatic rings. The normalized spacial score (nSPS) is 11.1. The highest BCUT2D eigenvalue weighted by Crippen LogP contribution is 2.23. The molecule has 0 saturated heterocycles. The highest BCUT2D eigenvalue weighted by atomic mass is 79.9. The molecule has 2 aromatic carbocycles. The van der Waals surface area contributed by atoms with Crippen LogP contribution in [0.3, 0.4) is 0 Å². The van der Waals surface area contributed by atoms with E-state index in [1.54, 1.807) is 11.3 Å². The molecule has 136 valence electrons. The van der Waals surface area contributed by atoms with Gasteiger partial charge in [-0.1, -0.05) is 29.8 Å². The zero-order valence-corrected chi connectivity index (χ0v) is 17.5. The number of hydrogen-bond acceptors (Lipinski definition) is 3. The Hall–Kier alpha value is -1.82. The zero-order chi connectivity index (χ0) is 17.6. The van der Waals surface area contributed by atoms with Crippen molar-refractivity contribution in [1.29, 1.82) is 0 Å². The summed E-state index contributed by atoms with van der Waals surface area (Å²) in [6.07, 6.45) is 1.88. The van der Waals surface area contributed by atoms with Gasteiger partial charge in [0, 0.05) is 16.9 Å². The minimum Gasteiger partial charge on any atom is -1.00 e. The maximum Gasteiger partial charge on any atom is 0.190 e. The van der Waals surface area contributed by atoms with Crippen LogP contribution in [0, 0.1) is 0 Å². The van der Waals surface area contributed by atoms with Crippen LogP contribution in [-0.4, -0.2) is 11.2 Å². The number of halogens is 2. The third-order valence-electron chi connectivity index (χ3n) is 3.62. The molecule has 0 amide bonds. The molecule has 3 rings (SSSR count). The molecule has 0 atom stereocenters. The van der Waals surface area contributed by atoms with Gasteiger partial charge < -0.3 is 26.3 Å². The topological polar surface area (TPSA) is 26.5 Å². The fourth-order valence-electron chi connectivity index (χ4n) is 2.47. The molecule has 1 heterocycles. The molecule has 0 unspecified atom stereocenters. The minimum absolute atomic E-state index is 0. The lowest BCUT2D eigenvalue weighted by Gasteiger charge is -2.07. The van der Waals surface area contributed by atoms with Gasteiger partial charge in [-0.25, -0.2) is 4.99 Å². The first-order valence-electron chi connectivity index (χ1n) is 8.04. The van der Waals surface area contributed by atoms with Crippen molar-refractivity contribution in [2.75, 3.05) is 6.61 Å². The van der Waals surface area contributed by atoms with Gasteiger partial charge in [0.15, 0.2) is 4.80 Å². The van der Waals surface area contributed by atoms with E-state index in [4.69, 9.17) is 21.3 Å². The largest absolute Gasteiger partial charge is 1.00 e. The summed E-state index contributed by atoms with van der Waals surface area (Å²) in [7, 11) is 0. The first kappa shape index (κ1) is 20.5. The second-order valence-corrected chi connectivity index (χ2v) is 6.62. The molecule has 0 aliphatic rings. The van der Waals surface area contributed by atoms with Crippen LogP contribution in [0.15, 0.2) is 71.6 Å². The quantitative estimate of drug-likeness (QED) is 0.530. The average molecular weight is 451 g/mol. The Bertz CT molecular complexity index is 914. The number of hydrogen-bond donors (Lipinski definition) is 0. The molecule has 0 N–H and O–H groups in total. The Morgan fingerprint density at radius 3 is 2.46 bits per heavy atom. The molecular weight excluding hydrogens is 432 g/mol. The number of benzene rings is 2. The number of aromatic nitrogens is 1. The molecule has 6 heteroatoms. The molecule has 0 spiro atoms. The van der Waals surface area contributed by atoms with Crippen molar-refractivity contribution in [2.45, 2.75) is 13.5 Å². The number of thiazole rings is 1. The maximum absolute atomic E-state index is 6.00. The fourth-order valence-corrected chi connectivity index (χ4v) is 3.53. The third kappa shape index (κ3) is 4.87. The Morgan fingerprint density at radius 1 is 1.15 bits per heavy atom. The fraction of sp³-hybridized carbons (Fsp3) is 0.150. The van der Waals surface area contributed by atoms with Crippen LogP contribution in [0.4, 0.5) is 5.69 Å². The predicted molar refractivity (Wildman–Crippen MR) is 106 cm³/mol. The van der Waals surface area contributed by atoms with Crippen molar-refractivity contribution < 1.29 is 21.7 Å². The van der Waals surface area contributed by atoms with Crippen molar-refractivity contribution in [3.05, 3.63) is 76.4 Å². The van der Waals surface area contributed by atoms with Crippen LogP contribution in [0.5, 0.6) is 5.75 Å². The lowest BCUT2D eigenvalue weighted by Crippen LogP contribution is -3.00. The van der Waals surface area contributed by atoms with Crippen LogP contribution in [0.1, 0.15) is 6.92 Å². The molecule has 0 fully saturated rings. The van der Waals surface area contributed by atoms with Gasteiger partial charge in [0.1, 0.15) is 5.75 Å². The second-order valence-electron chi connectivity index (χ2n) is 5.35. The van der Waals surface area contributed by atoms with E-state index in [0.717, 1.165) is 32.5 Å². The molecule has 0 saturated carbocycles. The lowest BCUT2D eigenvalue weighted by atomic mass is 10.2. The van der Waals surface area contributed by atoms with E-state index in [-0.39, 0.29) is 17.0 Å². The monoisotopic (exact) mass is 449 g/mol. The zero-order valence-electron chi connectivity index (χ0n) is 14.4.